The summed E-state index contributed by atoms with van der Waals surface area (Å²) in [6.07, 6.45) is 3.60. The van der Waals surface area contributed by atoms with Crippen molar-refractivity contribution in [2.75, 3.05) is 32.7 Å². The molecule has 0 bridgehead atoms. The lowest BCUT2D eigenvalue weighted by molar-refractivity contribution is -0.120. The minimum absolute atomic E-state index is 0.246. The number of nitrogens with two attached hydrogens (primary N) is 1. The summed E-state index contributed by atoms with van der Waals surface area (Å²) in [5, 5.41) is 13.6. The molecule has 5 heteroatoms. The van der Waals surface area contributed by atoms with Gasteiger partial charge in [0.1, 0.15) is 0 Å². The number of aliphatic hydroxyl groups is 1. The minimum atomic E-state index is -0.658. The van der Waals surface area contributed by atoms with E-state index in [1.165, 1.54) is 0 Å². The molecule has 1 heterocycles. The van der Waals surface area contributed by atoms with Crippen LogP contribution in [0.1, 0.15) is 32.6 Å². The average molecular weight is 243 g/mol. The number of rotatable bonds is 7. The molecule has 0 atom stereocenters. The van der Waals surface area contributed by atoms with E-state index < -0.39 is 5.60 Å². The SMILES string of the molecule is CCCCN(CC(N)=O)CC1(O)CCNCC1. The van der Waals surface area contributed by atoms with E-state index in [0.717, 1.165) is 45.3 Å². The van der Waals surface area contributed by atoms with Gasteiger partial charge in [0.2, 0.25) is 5.91 Å². The first-order chi connectivity index (χ1) is 8.06. The van der Waals surface area contributed by atoms with E-state index in [9.17, 15) is 9.90 Å². The van der Waals surface area contributed by atoms with E-state index in [1.807, 2.05) is 4.90 Å². The van der Waals surface area contributed by atoms with Crippen LogP contribution in [0.2, 0.25) is 0 Å². The molecule has 0 aromatic rings. The summed E-state index contributed by atoms with van der Waals surface area (Å²) >= 11 is 0. The van der Waals surface area contributed by atoms with Crippen LogP contribution in [0.3, 0.4) is 0 Å². The lowest BCUT2D eigenvalue weighted by Crippen LogP contribution is -2.51. The van der Waals surface area contributed by atoms with Crippen LogP contribution >= 0.6 is 0 Å². The van der Waals surface area contributed by atoms with Gasteiger partial charge in [0.15, 0.2) is 0 Å². The van der Waals surface area contributed by atoms with Crippen LogP contribution in [0.4, 0.5) is 0 Å². The Kier molecular flexibility index (Phi) is 5.88. The lowest BCUT2D eigenvalue weighted by Gasteiger charge is -2.37. The van der Waals surface area contributed by atoms with Crippen molar-refractivity contribution >= 4 is 5.91 Å². The quantitative estimate of drug-likeness (QED) is 0.573. The third kappa shape index (κ3) is 5.48. The van der Waals surface area contributed by atoms with Crippen molar-refractivity contribution in [3.8, 4) is 0 Å². The van der Waals surface area contributed by atoms with Gasteiger partial charge in [-0.1, -0.05) is 13.3 Å². The monoisotopic (exact) mass is 243 g/mol. The Bertz CT molecular complexity index is 240. The molecule has 5 nitrogen and oxygen atoms in total. The maximum atomic E-state index is 11.0. The molecule has 1 amide bonds. The van der Waals surface area contributed by atoms with E-state index >= 15 is 0 Å². The Morgan fingerprint density at radius 1 is 1.47 bits per heavy atom. The molecular formula is C12H25N3O2. The van der Waals surface area contributed by atoms with Gasteiger partial charge in [-0.05, 0) is 38.9 Å². The molecule has 0 radical (unpaired) electrons. The molecule has 4 N–H and O–H groups in total. The molecule has 0 aromatic carbocycles. The maximum absolute atomic E-state index is 11.0. The zero-order valence-corrected chi connectivity index (χ0v) is 10.7. The van der Waals surface area contributed by atoms with Crippen molar-refractivity contribution < 1.29 is 9.90 Å². The number of nitrogens with one attached hydrogen (secondary N) is 1. The van der Waals surface area contributed by atoms with Crippen LogP contribution < -0.4 is 11.1 Å². The summed E-state index contributed by atoms with van der Waals surface area (Å²) in [6.45, 7) is 5.42. The maximum Gasteiger partial charge on any atom is 0.231 e. The van der Waals surface area contributed by atoms with E-state index in [2.05, 4.69) is 12.2 Å². The molecule has 100 valence electrons. The number of piperidine rings is 1. The summed E-state index contributed by atoms with van der Waals surface area (Å²) in [5.74, 6) is -0.321. The number of unbranched alkanes of at least 4 members (excludes halogenated alkanes) is 1. The van der Waals surface area contributed by atoms with Crippen LogP contribution in [0, 0.1) is 0 Å². The van der Waals surface area contributed by atoms with E-state index in [-0.39, 0.29) is 12.5 Å². The number of carbonyl (C=O) groups excluding carboxylic acids is 1. The van der Waals surface area contributed by atoms with E-state index in [0.29, 0.717) is 6.54 Å². The van der Waals surface area contributed by atoms with E-state index in [4.69, 9.17) is 5.73 Å². The summed E-state index contributed by atoms with van der Waals surface area (Å²) in [4.78, 5) is 13.0. The highest BCUT2D eigenvalue weighted by Gasteiger charge is 2.31. The normalized spacial score (nSPS) is 19.5. The summed E-state index contributed by atoms with van der Waals surface area (Å²) in [7, 11) is 0. The molecule has 17 heavy (non-hydrogen) atoms. The first-order valence-electron chi connectivity index (χ1n) is 6.49. The van der Waals surface area contributed by atoms with Crippen LogP contribution in [0.5, 0.6) is 0 Å². The lowest BCUT2D eigenvalue weighted by atomic mass is 9.92. The Hall–Kier alpha value is -0.650. The predicted molar refractivity (Wildman–Crippen MR) is 67.6 cm³/mol. The fourth-order valence-corrected chi connectivity index (χ4v) is 2.28. The second kappa shape index (κ2) is 6.93. The molecule has 0 aromatic heterocycles. The molecule has 1 rings (SSSR count). The van der Waals surface area contributed by atoms with Crippen LogP contribution in [-0.2, 0) is 4.79 Å². The zero-order chi connectivity index (χ0) is 12.7. The number of carbonyl (C=O) groups is 1. The molecule has 0 unspecified atom stereocenters. The van der Waals surface area contributed by atoms with Gasteiger partial charge in [-0.25, -0.2) is 0 Å². The number of nitrogens with zero attached hydrogens (tertiary/aromatic N) is 1. The Morgan fingerprint density at radius 2 is 2.12 bits per heavy atom. The third-order valence-electron chi connectivity index (χ3n) is 3.26. The summed E-state index contributed by atoms with van der Waals surface area (Å²) < 4.78 is 0. The van der Waals surface area contributed by atoms with Gasteiger partial charge in [0.25, 0.3) is 0 Å². The topological polar surface area (TPSA) is 78.6 Å². The van der Waals surface area contributed by atoms with Crippen LogP contribution in [0.25, 0.3) is 0 Å². The Balaban J connectivity index is 2.47. The van der Waals surface area contributed by atoms with Crippen molar-refractivity contribution in [1.82, 2.24) is 10.2 Å². The highest BCUT2D eigenvalue weighted by atomic mass is 16.3. The number of hydrogen-bond acceptors (Lipinski definition) is 4. The standard InChI is InChI=1S/C12H25N3O2/c1-2-3-8-15(9-11(13)16)10-12(17)4-6-14-7-5-12/h14,17H,2-10H2,1H3,(H2,13,16). The first-order valence-corrected chi connectivity index (χ1v) is 6.49. The highest BCUT2D eigenvalue weighted by Crippen LogP contribution is 2.19. The number of hydrogen-bond donors (Lipinski definition) is 3. The highest BCUT2D eigenvalue weighted by molar-refractivity contribution is 5.75. The van der Waals surface area contributed by atoms with Gasteiger partial charge in [0.05, 0.1) is 12.1 Å². The fraction of sp³-hybridized carbons (Fsp3) is 0.917. The largest absolute Gasteiger partial charge is 0.388 e. The van der Waals surface area contributed by atoms with Gasteiger partial charge in [-0.15, -0.1) is 0 Å². The van der Waals surface area contributed by atoms with Gasteiger partial charge in [-0.3, -0.25) is 9.69 Å². The Labute approximate surface area is 103 Å². The molecule has 1 aliphatic rings. The smallest absolute Gasteiger partial charge is 0.231 e. The summed E-state index contributed by atoms with van der Waals surface area (Å²) in [6, 6.07) is 0. The van der Waals surface area contributed by atoms with Gasteiger partial charge < -0.3 is 16.2 Å². The number of primary amides is 1. The van der Waals surface area contributed by atoms with Gasteiger partial charge in [0, 0.05) is 6.54 Å². The molecule has 0 saturated carbocycles. The Morgan fingerprint density at radius 3 is 2.65 bits per heavy atom. The number of amides is 1. The van der Waals surface area contributed by atoms with Crippen molar-refractivity contribution in [1.29, 1.82) is 0 Å². The van der Waals surface area contributed by atoms with Crippen molar-refractivity contribution in [3.63, 3.8) is 0 Å². The molecule has 1 saturated heterocycles. The second-order valence-electron chi connectivity index (χ2n) is 5.00. The molecule has 1 aliphatic heterocycles. The van der Waals surface area contributed by atoms with Gasteiger partial charge in [-0.2, -0.15) is 0 Å². The summed E-state index contributed by atoms with van der Waals surface area (Å²) in [5.41, 5.74) is 4.58. The zero-order valence-electron chi connectivity index (χ0n) is 10.7. The van der Waals surface area contributed by atoms with Gasteiger partial charge >= 0.3 is 0 Å². The average Bonchev–Trinajstić information content (AvgIpc) is 2.25. The first kappa shape index (κ1) is 14.4. The van der Waals surface area contributed by atoms with Crippen molar-refractivity contribution in [2.24, 2.45) is 5.73 Å². The van der Waals surface area contributed by atoms with Crippen LogP contribution in [-0.4, -0.2) is 54.2 Å². The van der Waals surface area contributed by atoms with Crippen molar-refractivity contribution in [3.05, 3.63) is 0 Å². The molecule has 0 spiro atoms. The molecular weight excluding hydrogens is 218 g/mol. The van der Waals surface area contributed by atoms with Crippen molar-refractivity contribution in [2.45, 2.75) is 38.2 Å². The van der Waals surface area contributed by atoms with Crippen LogP contribution in [0.15, 0.2) is 0 Å². The predicted octanol–water partition coefficient (Wildman–Crippen LogP) is -0.312. The second-order valence-corrected chi connectivity index (χ2v) is 5.00. The molecule has 0 aliphatic carbocycles. The molecule has 1 fully saturated rings. The fourth-order valence-electron chi connectivity index (χ4n) is 2.28. The van der Waals surface area contributed by atoms with E-state index in [1.54, 1.807) is 0 Å². The third-order valence-corrected chi connectivity index (χ3v) is 3.26. The minimum Gasteiger partial charge on any atom is -0.388 e.